The van der Waals surface area contributed by atoms with Gasteiger partial charge in [0.1, 0.15) is 11.5 Å². The van der Waals surface area contributed by atoms with Crippen LogP contribution in [0, 0.1) is 0 Å². The van der Waals surface area contributed by atoms with Crippen LogP contribution in [-0.2, 0) is 5.41 Å². The van der Waals surface area contributed by atoms with Crippen LogP contribution in [0.25, 0.3) is 53.2 Å². The van der Waals surface area contributed by atoms with E-state index in [1.54, 1.807) is 0 Å². The van der Waals surface area contributed by atoms with E-state index < -0.39 is 5.41 Å². The van der Waals surface area contributed by atoms with Gasteiger partial charge in [0.05, 0.1) is 21.5 Å². The lowest BCUT2D eigenvalue weighted by molar-refractivity contribution is 0.438. The van der Waals surface area contributed by atoms with Crippen molar-refractivity contribution in [3.8, 4) is 33.8 Å². The van der Waals surface area contributed by atoms with Crippen molar-refractivity contribution in [1.82, 2.24) is 0 Å². The standard InChI is InChI=1S/C53H33NOS/c1-2-15-34(16-3-1)37-18-7-11-25-46(37)54(47-26-14-22-42-41-21-8-13-28-50(41)56-52(42)47)36-30-31-40-39-20-6-9-23-43(39)53(45(40)33-36)44-24-10-12-27-48(44)55-49-32-29-35-17-4-5-19-38(35)51(49)53/h1-33H. The molecule has 0 N–H and O–H groups in total. The monoisotopic (exact) mass is 731 g/mol. The summed E-state index contributed by atoms with van der Waals surface area (Å²) < 4.78 is 9.41. The lowest BCUT2D eigenvalue weighted by Gasteiger charge is -2.40. The second-order valence-electron chi connectivity index (χ2n) is 14.8. The lowest BCUT2D eigenvalue weighted by Crippen LogP contribution is -2.32. The van der Waals surface area contributed by atoms with Crippen LogP contribution >= 0.6 is 11.3 Å². The number of hydrogen-bond acceptors (Lipinski definition) is 3. The first-order chi connectivity index (χ1) is 27.8. The highest BCUT2D eigenvalue weighted by Crippen LogP contribution is 2.64. The number of thiophene rings is 1. The molecule has 0 saturated heterocycles. The number of nitrogens with zero attached hydrogens (tertiary/aromatic N) is 1. The Morgan fingerprint density at radius 1 is 0.429 bits per heavy atom. The molecule has 9 aromatic carbocycles. The molecule has 56 heavy (non-hydrogen) atoms. The minimum absolute atomic E-state index is 0.624. The van der Waals surface area contributed by atoms with Crippen LogP contribution in [0.3, 0.4) is 0 Å². The molecule has 12 rings (SSSR count). The molecule has 1 unspecified atom stereocenters. The average Bonchev–Trinajstić information content (AvgIpc) is 3.78. The van der Waals surface area contributed by atoms with Gasteiger partial charge in [-0.3, -0.25) is 0 Å². The molecule has 1 aliphatic carbocycles. The highest BCUT2D eigenvalue weighted by molar-refractivity contribution is 7.26. The fraction of sp³-hybridized carbons (Fsp3) is 0.0189. The van der Waals surface area contributed by atoms with E-state index in [4.69, 9.17) is 4.74 Å². The Morgan fingerprint density at radius 2 is 1.11 bits per heavy atom. The van der Waals surface area contributed by atoms with Crippen LogP contribution in [0.15, 0.2) is 200 Å². The van der Waals surface area contributed by atoms with Gasteiger partial charge < -0.3 is 9.64 Å². The van der Waals surface area contributed by atoms with Gasteiger partial charge in [0.15, 0.2) is 0 Å². The van der Waals surface area contributed by atoms with Gasteiger partial charge in [-0.25, -0.2) is 0 Å². The van der Waals surface area contributed by atoms with Crippen LogP contribution < -0.4 is 9.64 Å². The van der Waals surface area contributed by atoms with Crippen LogP contribution in [0.5, 0.6) is 11.5 Å². The third-order valence-corrected chi connectivity index (χ3v) is 13.1. The summed E-state index contributed by atoms with van der Waals surface area (Å²) in [6, 6.07) is 73.2. The Kier molecular flexibility index (Phi) is 6.75. The smallest absolute Gasteiger partial charge is 0.132 e. The fourth-order valence-corrected chi connectivity index (χ4v) is 10.9. The Balaban J connectivity index is 1.21. The van der Waals surface area contributed by atoms with Crippen LogP contribution in [0.2, 0.25) is 0 Å². The third kappa shape index (κ3) is 4.32. The summed E-state index contributed by atoms with van der Waals surface area (Å²) in [6.45, 7) is 0. The van der Waals surface area contributed by atoms with Crippen molar-refractivity contribution in [3.63, 3.8) is 0 Å². The molecular formula is C53H33NOS. The van der Waals surface area contributed by atoms with Crippen molar-refractivity contribution in [2.75, 3.05) is 4.90 Å². The summed E-state index contributed by atoms with van der Waals surface area (Å²) >= 11 is 1.87. The Hall–Kier alpha value is -6.94. The zero-order valence-corrected chi connectivity index (χ0v) is 31.1. The molecular weight excluding hydrogens is 699 g/mol. The SMILES string of the molecule is c1ccc(-c2ccccc2N(c2ccc3c(c2)C2(c4ccccc4Oc4ccc5ccccc5c42)c2ccccc2-3)c2cccc3c2sc2ccccc23)cc1. The molecule has 1 aromatic heterocycles. The number of benzene rings is 9. The van der Waals surface area contributed by atoms with Gasteiger partial charge in [0.2, 0.25) is 0 Å². The molecule has 1 spiro atoms. The van der Waals surface area contributed by atoms with E-state index in [1.807, 2.05) is 11.3 Å². The summed E-state index contributed by atoms with van der Waals surface area (Å²) in [5.41, 5.74) is 12.5. The molecule has 0 fully saturated rings. The number of hydrogen-bond donors (Lipinski definition) is 0. The van der Waals surface area contributed by atoms with E-state index in [0.29, 0.717) is 0 Å². The van der Waals surface area contributed by atoms with Gasteiger partial charge >= 0.3 is 0 Å². The number of para-hydroxylation sites is 2. The first-order valence-corrected chi connectivity index (χ1v) is 20.0. The van der Waals surface area contributed by atoms with Gasteiger partial charge in [-0.15, -0.1) is 11.3 Å². The molecule has 2 nitrogen and oxygen atoms in total. The minimum Gasteiger partial charge on any atom is -0.457 e. The van der Waals surface area contributed by atoms with Crippen LogP contribution in [0.4, 0.5) is 17.1 Å². The zero-order chi connectivity index (χ0) is 36.8. The average molecular weight is 732 g/mol. The normalized spacial score (nSPS) is 15.0. The maximum Gasteiger partial charge on any atom is 0.132 e. The summed E-state index contributed by atoms with van der Waals surface area (Å²) in [5.74, 6) is 1.79. The highest BCUT2D eigenvalue weighted by Gasteiger charge is 2.52. The molecule has 3 heteroatoms. The maximum atomic E-state index is 6.85. The predicted molar refractivity (Wildman–Crippen MR) is 234 cm³/mol. The van der Waals surface area contributed by atoms with Crippen molar-refractivity contribution >= 4 is 59.3 Å². The molecule has 10 aromatic rings. The van der Waals surface area contributed by atoms with Crippen molar-refractivity contribution in [1.29, 1.82) is 0 Å². The Morgan fingerprint density at radius 3 is 2.02 bits per heavy atom. The summed E-state index contributed by atoms with van der Waals surface area (Å²) in [4.78, 5) is 2.51. The molecule has 0 saturated carbocycles. The van der Waals surface area contributed by atoms with Gasteiger partial charge in [-0.05, 0) is 81.1 Å². The quantitative estimate of drug-likeness (QED) is 0.179. The van der Waals surface area contributed by atoms with Crippen molar-refractivity contribution in [2.45, 2.75) is 5.41 Å². The summed E-state index contributed by atoms with van der Waals surface area (Å²) in [6.07, 6.45) is 0. The molecule has 1 atom stereocenters. The third-order valence-electron chi connectivity index (χ3n) is 11.9. The zero-order valence-electron chi connectivity index (χ0n) is 30.3. The second kappa shape index (κ2) is 12.0. The van der Waals surface area contributed by atoms with E-state index in [0.717, 1.165) is 34.1 Å². The first kappa shape index (κ1) is 31.4. The van der Waals surface area contributed by atoms with Crippen LogP contribution in [0.1, 0.15) is 22.3 Å². The maximum absolute atomic E-state index is 6.85. The number of rotatable bonds is 4. The minimum atomic E-state index is -0.624. The van der Waals surface area contributed by atoms with Gasteiger partial charge in [0, 0.05) is 37.9 Å². The molecule has 0 bridgehead atoms. The molecule has 2 aliphatic rings. The molecule has 0 radical (unpaired) electrons. The van der Waals surface area contributed by atoms with E-state index in [1.165, 1.54) is 69.9 Å². The predicted octanol–water partition coefficient (Wildman–Crippen LogP) is 14.8. The number of anilines is 3. The molecule has 2 heterocycles. The second-order valence-corrected chi connectivity index (χ2v) is 15.8. The largest absolute Gasteiger partial charge is 0.457 e. The van der Waals surface area contributed by atoms with Crippen molar-refractivity contribution < 1.29 is 4.74 Å². The number of ether oxygens (including phenoxy) is 1. The van der Waals surface area contributed by atoms with Gasteiger partial charge in [0.25, 0.3) is 0 Å². The van der Waals surface area contributed by atoms with Crippen molar-refractivity contribution in [3.05, 3.63) is 222 Å². The van der Waals surface area contributed by atoms with Crippen LogP contribution in [-0.4, -0.2) is 0 Å². The summed E-state index contributed by atoms with van der Waals surface area (Å²) in [7, 11) is 0. The summed E-state index contributed by atoms with van der Waals surface area (Å²) in [5, 5.41) is 4.96. The highest BCUT2D eigenvalue weighted by atomic mass is 32.1. The fourth-order valence-electron chi connectivity index (χ4n) is 9.65. The van der Waals surface area contributed by atoms with E-state index in [-0.39, 0.29) is 0 Å². The molecule has 1 aliphatic heterocycles. The number of fused-ring (bicyclic) bond motifs is 14. The Bertz CT molecular complexity index is 3200. The topological polar surface area (TPSA) is 12.5 Å². The van der Waals surface area contributed by atoms with E-state index in [2.05, 4.69) is 205 Å². The Labute approximate surface area is 329 Å². The van der Waals surface area contributed by atoms with Gasteiger partial charge in [-0.2, -0.15) is 0 Å². The van der Waals surface area contributed by atoms with E-state index in [9.17, 15) is 0 Å². The molecule has 0 amide bonds. The van der Waals surface area contributed by atoms with Gasteiger partial charge in [-0.1, -0.05) is 158 Å². The first-order valence-electron chi connectivity index (χ1n) is 19.2. The van der Waals surface area contributed by atoms with Crippen molar-refractivity contribution in [2.24, 2.45) is 0 Å². The van der Waals surface area contributed by atoms with E-state index >= 15 is 0 Å². The lowest BCUT2D eigenvalue weighted by atomic mass is 9.65. The molecule has 262 valence electrons.